The van der Waals surface area contributed by atoms with Gasteiger partial charge in [-0.05, 0) is 27.2 Å². The number of rotatable bonds is 17. The van der Waals surface area contributed by atoms with Gasteiger partial charge in [-0.3, -0.25) is 4.99 Å². The first-order valence-electron chi connectivity index (χ1n) is 13.1. The van der Waals surface area contributed by atoms with Crippen molar-refractivity contribution in [3.05, 3.63) is 5.21 Å². The number of hydrogen-bond acceptors (Lipinski definition) is 4. The number of hydroxylamine groups is 1. The maximum atomic E-state index is 11.9. The van der Waals surface area contributed by atoms with Crippen LogP contribution in [0, 0.1) is 10.6 Å². The molecule has 1 heterocycles. The molecule has 0 fully saturated rings. The smallest absolute Gasteiger partial charge is 0.162 e. The first kappa shape index (κ1) is 28.1. The van der Waals surface area contributed by atoms with E-state index in [1.54, 1.807) is 6.21 Å². The fourth-order valence-electron chi connectivity index (χ4n) is 4.55. The molecule has 5 heteroatoms. The molecule has 0 aliphatic carbocycles. The van der Waals surface area contributed by atoms with Crippen LogP contribution < -0.4 is 5.32 Å². The van der Waals surface area contributed by atoms with Crippen molar-refractivity contribution in [1.82, 2.24) is 5.32 Å². The molecular weight excluding hydrogens is 386 g/mol. The predicted molar refractivity (Wildman–Crippen MR) is 134 cm³/mol. The lowest BCUT2D eigenvalue weighted by atomic mass is 9.84. The topological polar surface area (TPSA) is 70.7 Å². The number of aliphatic hydroxyl groups is 1. The zero-order valence-electron chi connectivity index (χ0n) is 21.0. The first-order chi connectivity index (χ1) is 14.9. The van der Waals surface area contributed by atoms with Crippen LogP contribution in [0.25, 0.3) is 0 Å². The molecule has 0 spiro atoms. The zero-order chi connectivity index (χ0) is 23.0. The van der Waals surface area contributed by atoms with Crippen LogP contribution in [0.2, 0.25) is 0 Å². The number of aliphatic hydroxyl groups excluding tert-OH is 1. The Morgan fingerprint density at radius 2 is 1.58 bits per heavy atom. The van der Waals surface area contributed by atoms with Gasteiger partial charge in [0, 0.05) is 31.3 Å². The third kappa shape index (κ3) is 13.3. The second kappa shape index (κ2) is 16.7. The van der Waals surface area contributed by atoms with E-state index in [9.17, 15) is 10.3 Å². The summed E-state index contributed by atoms with van der Waals surface area (Å²) in [5.74, 6) is 0. The van der Waals surface area contributed by atoms with Crippen LogP contribution in [-0.4, -0.2) is 53.6 Å². The minimum atomic E-state index is -0.366. The molecule has 1 aliphatic rings. The monoisotopic (exact) mass is 437 g/mol. The fraction of sp³-hybridized carbons (Fsp3) is 0.923. The highest BCUT2D eigenvalue weighted by Crippen LogP contribution is 2.19. The Bertz CT molecular complexity index is 517. The van der Waals surface area contributed by atoms with E-state index in [0.29, 0.717) is 19.6 Å². The summed E-state index contributed by atoms with van der Waals surface area (Å²) in [5, 5.41) is 25.7. The molecule has 0 saturated heterocycles. The summed E-state index contributed by atoms with van der Waals surface area (Å²) >= 11 is 0. The number of aliphatic imine (C=N–C) groups is 1. The van der Waals surface area contributed by atoms with Gasteiger partial charge < -0.3 is 15.6 Å². The van der Waals surface area contributed by atoms with Gasteiger partial charge in [-0.2, -0.15) is 0 Å². The molecule has 0 amide bonds. The van der Waals surface area contributed by atoms with E-state index < -0.39 is 0 Å². The molecule has 1 rings (SSSR count). The Morgan fingerprint density at radius 3 is 2.16 bits per heavy atom. The summed E-state index contributed by atoms with van der Waals surface area (Å²) in [6.45, 7) is 10.2. The van der Waals surface area contributed by atoms with Gasteiger partial charge in [0.25, 0.3) is 0 Å². The minimum Gasteiger partial charge on any atom is -0.624 e. The Hall–Kier alpha value is -0.940. The van der Waals surface area contributed by atoms with Crippen LogP contribution >= 0.6 is 0 Å². The average Bonchev–Trinajstić information content (AvgIpc) is 2.71. The Balaban J connectivity index is 2.10. The summed E-state index contributed by atoms with van der Waals surface area (Å²) in [6, 6.07) is 0.0503. The van der Waals surface area contributed by atoms with Crippen LogP contribution in [0.5, 0.6) is 0 Å². The summed E-state index contributed by atoms with van der Waals surface area (Å²) in [7, 11) is 0. The molecule has 2 atom stereocenters. The molecule has 0 saturated carbocycles. The molecule has 0 radical (unpaired) electrons. The predicted octanol–water partition coefficient (Wildman–Crippen LogP) is 5.87. The van der Waals surface area contributed by atoms with Gasteiger partial charge in [0.05, 0.1) is 11.5 Å². The summed E-state index contributed by atoms with van der Waals surface area (Å²) in [6.07, 6.45) is 19.1. The third-order valence-corrected chi connectivity index (χ3v) is 6.41. The van der Waals surface area contributed by atoms with Gasteiger partial charge in [-0.1, -0.05) is 84.0 Å². The van der Waals surface area contributed by atoms with Crippen molar-refractivity contribution in [2.75, 3.05) is 19.6 Å². The minimum absolute atomic E-state index is 0.0503. The van der Waals surface area contributed by atoms with E-state index in [4.69, 9.17) is 4.99 Å². The van der Waals surface area contributed by atoms with Crippen LogP contribution in [0.4, 0.5) is 0 Å². The van der Waals surface area contributed by atoms with Crippen molar-refractivity contribution in [3.63, 3.8) is 0 Å². The van der Waals surface area contributed by atoms with E-state index in [-0.39, 0.29) is 17.6 Å². The lowest BCUT2D eigenvalue weighted by Crippen LogP contribution is -2.46. The molecule has 0 aromatic carbocycles. The fourth-order valence-corrected chi connectivity index (χ4v) is 4.55. The average molecular weight is 438 g/mol. The zero-order valence-corrected chi connectivity index (χ0v) is 21.0. The Labute approximate surface area is 192 Å². The molecular formula is C26H51N3O2. The number of unbranched alkanes of at least 4 members (excludes halogenated alkanes) is 11. The van der Waals surface area contributed by atoms with Crippen molar-refractivity contribution in [2.45, 2.75) is 130 Å². The standard InChI is InChI=1S/C26H51N3O2/c1-5-6-7-8-9-10-11-12-13-14-15-16-18-24(30)21-28-23(2)25-26(3,4)22-29(31)20-17-19-27-25/h22-24,28,30H,5-21H2,1-4H3. The van der Waals surface area contributed by atoms with Crippen molar-refractivity contribution < 1.29 is 9.85 Å². The van der Waals surface area contributed by atoms with E-state index in [0.717, 1.165) is 29.7 Å². The first-order valence-corrected chi connectivity index (χ1v) is 13.1. The van der Waals surface area contributed by atoms with E-state index in [2.05, 4.69) is 19.2 Å². The SMILES string of the molecule is CCCCCCCCCCCCCCC(O)CNC(C)C1=NCCC[N+]([O-])=CC1(C)C. The van der Waals surface area contributed by atoms with Crippen molar-refractivity contribution >= 4 is 11.9 Å². The molecule has 0 bridgehead atoms. The van der Waals surface area contributed by atoms with E-state index in [1.807, 2.05) is 13.8 Å². The van der Waals surface area contributed by atoms with Gasteiger partial charge >= 0.3 is 0 Å². The Morgan fingerprint density at radius 1 is 1.03 bits per heavy atom. The van der Waals surface area contributed by atoms with E-state index >= 15 is 0 Å². The van der Waals surface area contributed by atoms with Gasteiger partial charge in [0.1, 0.15) is 0 Å². The highest BCUT2D eigenvalue weighted by Gasteiger charge is 2.31. The second-order valence-electron chi connectivity index (χ2n) is 10.1. The number of nitrogens with one attached hydrogen (secondary N) is 1. The summed E-state index contributed by atoms with van der Waals surface area (Å²) in [4.78, 5) is 4.76. The largest absolute Gasteiger partial charge is 0.624 e. The quantitative estimate of drug-likeness (QED) is 0.170. The molecule has 0 aromatic rings. The maximum Gasteiger partial charge on any atom is 0.162 e. The lowest BCUT2D eigenvalue weighted by Gasteiger charge is -2.29. The van der Waals surface area contributed by atoms with Crippen LogP contribution in [-0.2, 0) is 0 Å². The summed E-state index contributed by atoms with van der Waals surface area (Å²) < 4.78 is 1.05. The highest BCUT2D eigenvalue weighted by molar-refractivity contribution is 6.04. The van der Waals surface area contributed by atoms with Gasteiger partial charge in [-0.25, -0.2) is 4.74 Å². The van der Waals surface area contributed by atoms with Crippen LogP contribution in [0.1, 0.15) is 118 Å². The molecule has 31 heavy (non-hydrogen) atoms. The van der Waals surface area contributed by atoms with Crippen molar-refractivity contribution in [3.8, 4) is 0 Å². The molecule has 0 aromatic heterocycles. The maximum absolute atomic E-state index is 11.9. The van der Waals surface area contributed by atoms with Crippen molar-refractivity contribution in [1.29, 1.82) is 0 Å². The second-order valence-corrected chi connectivity index (χ2v) is 10.1. The van der Waals surface area contributed by atoms with E-state index in [1.165, 1.54) is 70.6 Å². The van der Waals surface area contributed by atoms with Gasteiger partial charge in [-0.15, -0.1) is 0 Å². The lowest BCUT2D eigenvalue weighted by molar-refractivity contribution is -0.456. The van der Waals surface area contributed by atoms with Crippen LogP contribution in [0.3, 0.4) is 0 Å². The van der Waals surface area contributed by atoms with Crippen molar-refractivity contribution in [2.24, 2.45) is 10.4 Å². The molecule has 5 nitrogen and oxygen atoms in total. The molecule has 182 valence electrons. The highest BCUT2D eigenvalue weighted by atomic mass is 16.5. The number of hydrogen-bond donors (Lipinski definition) is 2. The van der Waals surface area contributed by atoms with Crippen LogP contribution in [0.15, 0.2) is 4.99 Å². The number of nitrogens with zero attached hydrogens (tertiary/aromatic N) is 2. The third-order valence-electron chi connectivity index (χ3n) is 6.41. The van der Waals surface area contributed by atoms with Gasteiger partial charge in [0.2, 0.25) is 0 Å². The molecule has 2 unspecified atom stereocenters. The molecule has 2 N–H and O–H groups in total. The van der Waals surface area contributed by atoms with Gasteiger partial charge in [0.15, 0.2) is 12.8 Å². The molecule has 1 aliphatic heterocycles. The normalized spacial score (nSPS) is 18.6. The Kier molecular flexibility index (Phi) is 15.1. The summed E-state index contributed by atoms with van der Waals surface area (Å²) in [5.41, 5.74) is 0.639.